The monoisotopic (exact) mass is 297 g/mol. The van der Waals surface area contributed by atoms with Crippen LogP contribution in [0.15, 0.2) is 17.0 Å². The van der Waals surface area contributed by atoms with E-state index in [1.54, 1.807) is 0 Å². The average Bonchev–Trinajstić information content (AvgIpc) is 2.86. The third kappa shape index (κ3) is 2.14. The molecular formula is C11H12BrN3O2. The maximum atomic E-state index is 5.83. The van der Waals surface area contributed by atoms with E-state index in [-0.39, 0.29) is 6.10 Å². The van der Waals surface area contributed by atoms with Gasteiger partial charge in [0.1, 0.15) is 10.7 Å². The molecule has 3 rings (SSSR count). The Labute approximate surface area is 107 Å². The van der Waals surface area contributed by atoms with Gasteiger partial charge in [-0.3, -0.25) is 4.40 Å². The van der Waals surface area contributed by atoms with Crippen molar-refractivity contribution in [3.05, 3.63) is 22.7 Å². The summed E-state index contributed by atoms with van der Waals surface area (Å²) in [7, 11) is 0. The highest BCUT2D eigenvalue weighted by Crippen LogP contribution is 2.23. The first-order chi connectivity index (χ1) is 8.22. The molecule has 5 nitrogen and oxygen atoms in total. The molecule has 0 aromatic carbocycles. The van der Waals surface area contributed by atoms with Crippen molar-refractivity contribution in [3.8, 4) is 5.88 Å². The maximum absolute atomic E-state index is 5.83. The topological polar surface area (TPSA) is 48.7 Å². The van der Waals surface area contributed by atoms with Crippen LogP contribution in [0.3, 0.4) is 0 Å². The van der Waals surface area contributed by atoms with Crippen LogP contribution in [0, 0.1) is 6.92 Å². The number of halogens is 1. The number of ether oxygens (including phenoxy) is 2. The molecule has 3 heterocycles. The van der Waals surface area contributed by atoms with E-state index in [2.05, 4.69) is 25.9 Å². The SMILES string of the molecule is Cc1cn2cc(Br)nc(OC3CCOC3)c2n1. The lowest BCUT2D eigenvalue weighted by Crippen LogP contribution is -2.17. The minimum absolute atomic E-state index is 0.0811. The zero-order chi connectivity index (χ0) is 11.8. The molecule has 2 aromatic rings. The lowest BCUT2D eigenvalue weighted by molar-refractivity contribution is 0.138. The zero-order valence-corrected chi connectivity index (χ0v) is 11.0. The molecule has 17 heavy (non-hydrogen) atoms. The molecule has 1 unspecified atom stereocenters. The predicted octanol–water partition coefficient (Wildman–Crippen LogP) is 1.97. The lowest BCUT2D eigenvalue weighted by atomic mass is 10.3. The Hall–Kier alpha value is -1.14. The van der Waals surface area contributed by atoms with Crippen LogP contribution < -0.4 is 4.74 Å². The first kappa shape index (κ1) is 11.0. The fraction of sp³-hybridized carbons (Fsp3) is 0.455. The van der Waals surface area contributed by atoms with E-state index in [0.717, 1.165) is 29.0 Å². The van der Waals surface area contributed by atoms with Crippen LogP contribution in [0.5, 0.6) is 5.88 Å². The van der Waals surface area contributed by atoms with Gasteiger partial charge in [-0.25, -0.2) is 9.97 Å². The van der Waals surface area contributed by atoms with Gasteiger partial charge in [0.15, 0.2) is 0 Å². The van der Waals surface area contributed by atoms with Crippen molar-refractivity contribution in [1.82, 2.24) is 14.4 Å². The van der Waals surface area contributed by atoms with Gasteiger partial charge in [-0.1, -0.05) is 0 Å². The van der Waals surface area contributed by atoms with Gasteiger partial charge in [0.2, 0.25) is 5.65 Å². The van der Waals surface area contributed by atoms with Crippen LogP contribution in [0.4, 0.5) is 0 Å². The third-order valence-corrected chi connectivity index (χ3v) is 3.05. The average molecular weight is 298 g/mol. The summed E-state index contributed by atoms with van der Waals surface area (Å²) in [4.78, 5) is 8.74. The largest absolute Gasteiger partial charge is 0.469 e. The minimum atomic E-state index is 0.0811. The third-order valence-electron chi connectivity index (χ3n) is 2.66. The number of hydrogen-bond acceptors (Lipinski definition) is 4. The summed E-state index contributed by atoms with van der Waals surface area (Å²) in [6.07, 6.45) is 4.80. The highest BCUT2D eigenvalue weighted by molar-refractivity contribution is 9.10. The molecular weight excluding hydrogens is 286 g/mol. The van der Waals surface area contributed by atoms with Crippen molar-refractivity contribution >= 4 is 21.6 Å². The Balaban J connectivity index is 2.01. The van der Waals surface area contributed by atoms with E-state index in [4.69, 9.17) is 9.47 Å². The number of aromatic nitrogens is 3. The van der Waals surface area contributed by atoms with E-state index in [1.807, 2.05) is 23.7 Å². The Kier molecular flexibility index (Phi) is 2.76. The number of aryl methyl sites for hydroxylation is 1. The second-order valence-electron chi connectivity index (χ2n) is 4.09. The fourth-order valence-corrected chi connectivity index (χ4v) is 2.29. The second kappa shape index (κ2) is 4.27. The van der Waals surface area contributed by atoms with E-state index >= 15 is 0 Å². The summed E-state index contributed by atoms with van der Waals surface area (Å²) < 4.78 is 13.8. The lowest BCUT2D eigenvalue weighted by Gasteiger charge is -2.11. The fourth-order valence-electron chi connectivity index (χ4n) is 1.91. The first-order valence-corrected chi connectivity index (χ1v) is 6.28. The van der Waals surface area contributed by atoms with Crippen molar-refractivity contribution in [2.75, 3.05) is 13.2 Å². The highest BCUT2D eigenvalue weighted by atomic mass is 79.9. The molecule has 0 amide bonds. The molecule has 90 valence electrons. The van der Waals surface area contributed by atoms with E-state index in [9.17, 15) is 0 Å². The Morgan fingerprint density at radius 1 is 1.47 bits per heavy atom. The van der Waals surface area contributed by atoms with Crippen LogP contribution in [-0.2, 0) is 4.74 Å². The molecule has 2 aromatic heterocycles. The van der Waals surface area contributed by atoms with Crippen molar-refractivity contribution in [3.63, 3.8) is 0 Å². The van der Waals surface area contributed by atoms with E-state index in [1.165, 1.54) is 0 Å². The standard InChI is InChI=1S/C11H12BrN3O2/c1-7-4-15-5-9(12)14-11(10(15)13-7)17-8-2-3-16-6-8/h4-5,8H,2-3,6H2,1H3. The van der Waals surface area contributed by atoms with E-state index < -0.39 is 0 Å². The summed E-state index contributed by atoms with van der Waals surface area (Å²) in [6, 6.07) is 0. The van der Waals surface area contributed by atoms with Crippen LogP contribution in [-0.4, -0.2) is 33.7 Å². The van der Waals surface area contributed by atoms with Gasteiger partial charge in [-0.15, -0.1) is 0 Å². The van der Waals surface area contributed by atoms with Crippen LogP contribution in [0.25, 0.3) is 5.65 Å². The number of nitrogens with zero attached hydrogens (tertiary/aromatic N) is 3. The molecule has 1 fully saturated rings. The van der Waals surface area contributed by atoms with Gasteiger partial charge >= 0.3 is 0 Å². The smallest absolute Gasteiger partial charge is 0.259 e. The molecule has 6 heteroatoms. The van der Waals surface area contributed by atoms with Crippen molar-refractivity contribution < 1.29 is 9.47 Å². The molecule has 0 aliphatic carbocycles. The quantitative estimate of drug-likeness (QED) is 0.850. The maximum Gasteiger partial charge on any atom is 0.259 e. The highest BCUT2D eigenvalue weighted by Gasteiger charge is 2.20. The Bertz CT molecular complexity index is 549. The zero-order valence-electron chi connectivity index (χ0n) is 9.39. The summed E-state index contributed by atoms with van der Waals surface area (Å²) in [5.41, 5.74) is 1.69. The Morgan fingerprint density at radius 2 is 2.35 bits per heavy atom. The normalized spacial score (nSPS) is 20.0. The van der Waals surface area contributed by atoms with Gasteiger partial charge in [0.25, 0.3) is 5.88 Å². The second-order valence-corrected chi connectivity index (χ2v) is 4.90. The molecule has 1 aliphatic rings. The van der Waals surface area contributed by atoms with Gasteiger partial charge < -0.3 is 9.47 Å². The van der Waals surface area contributed by atoms with Crippen LogP contribution in [0.2, 0.25) is 0 Å². The van der Waals surface area contributed by atoms with E-state index in [0.29, 0.717) is 12.5 Å². The first-order valence-electron chi connectivity index (χ1n) is 5.48. The molecule has 0 radical (unpaired) electrons. The molecule has 1 atom stereocenters. The molecule has 0 N–H and O–H groups in total. The summed E-state index contributed by atoms with van der Waals surface area (Å²) in [5, 5.41) is 0. The predicted molar refractivity (Wildman–Crippen MR) is 65.3 cm³/mol. The number of hydrogen-bond donors (Lipinski definition) is 0. The summed E-state index contributed by atoms with van der Waals surface area (Å²) >= 11 is 3.37. The van der Waals surface area contributed by atoms with Crippen molar-refractivity contribution in [2.45, 2.75) is 19.4 Å². The number of fused-ring (bicyclic) bond motifs is 1. The van der Waals surface area contributed by atoms with Crippen LogP contribution >= 0.6 is 15.9 Å². The van der Waals surface area contributed by atoms with Crippen molar-refractivity contribution in [2.24, 2.45) is 0 Å². The molecule has 0 spiro atoms. The molecule has 1 saturated heterocycles. The van der Waals surface area contributed by atoms with Gasteiger partial charge in [-0.05, 0) is 22.9 Å². The summed E-state index contributed by atoms with van der Waals surface area (Å²) in [6.45, 7) is 3.33. The van der Waals surface area contributed by atoms with Gasteiger partial charge in [-0.2, -0.15) is 0 Å². The minimum Gasteiger partial charge on any atom is -0.469 e. The Morgan fingerprint density at radius 3 is 3.12 bits per heavy atom. The van der Waals surface area contributed by atoms with Gasteiger partial charge in [0.05, 0.1) is 18.9 Å². The number of rotatable bonds is 2. The molecule has 1 aliphatic heterocycles. The molecule has 0 saturated carbocycles. The van der Waals surface area contributed by atoms with Crippen molar-refractivity contribution in [1.29, 1.82) is 0 Å². The van der Waals surface area contributed by atoms with Crippen LogP contribution in [0.1, 0.15) is 12.1 Å². The summed E-state index contributed by atoms with van der Waals surface area (Å²) in [5.74, 6) is 0.558. The van der Waals surface area contributed by atoms with Gasteiger partial charge in [0, 0.05) is 18.8 Å². The molecule has 0 bridgehead atoms. The number of imidazole rings is 1.